The summed E-state index contributed by atoms with van der Waals surface area (Å²) in [5.41, 5.74) is 2.44. The highest BCUT2D eigenvalue weighted by Crippen LogP contribution is 2.40. The van der Waals surface area contributed by atoms with E-state index in [1.807, 2.05) is 38.1 Å². The van der Waals surface area contributed by atoms with E-state index in [9.17, 15) is 19.2 Å². The number of carbonyl (C=O) groups excluding carboxylic acids is 4. The Morgan fingerprint density at radius 3 is 2.36 bits per heavy atom. The van der Waals surface area contributed by atoms with Gasteiger partial charge in [-0.1, -0.05) is 38.1 Å². The Bertz CT molecular complexity index is 1100. The number of esters is 1. The number of ether oxygens (including phenoxy) is 1. The summed E-state index contributed by atoms with van der Waals surface area (Å²) in [6, 6.07) is 13.5. The van der Waals surface area contributed by atoms with Crippen molar-refractivity contribution in [1.29, 1.82) is 0 Å². The Morgan fingerprint density at radius 1 is 1.03 bits per heavy atom. The number of rotatable bonds is 6. The van der Waals surface area contributed by atoms with Crippen LogP contribution in [0.15, 0.2) is 60.7 Å². The molecular formula is C26H26N2O5. The zero-order valence-corrected chi connectivity index (χ0v) is 18.6. The maximum Gasteiger partial charge on any atom is 0.338 e. The number of hydrogen-bond donors (Lipinski definition) is 1. The van der Waals surface area contributed by atoms with E-state index in [2.05, 4.69) is 5.32 Å². The lowest BCUT2D eigenvalue weighted by molar-refractivity contribution is -0.123. The number of imide groups is 1. The highest BCUT2D eigenvalue weighted by molar-refractivity contribution is 6.22. The number of carbonyl (C=O) groups is 4. The lowest BCUT2D eigenvalue weighted by Gasteiger charge is -2.22. The van der Waals surface area contributed by atoms with Crippen molar-refractivity contribution in [3.8, 4) is 0 Å². The molecule has 3 amide bonds. The van der Waals surface area contributed by atoms with Gasteiger partial charge >= 0.3 is 5.97 Å². The van der Waals surface area contributed by atoms with Crippen LogP contribution in [0.25, 0.3) is 0 Å². The second kappa shape index (κ2) is 9.40. The first-order chi connectivity index (χ1) is 15.9. The molecule has 1 aliphatic carbocycles. The summed E-state index contributed by atoms with van der Waals surface area (Å²) in [7, 11) is 0. The Labute approximate surface area is 192 Å². The molecule has 2 aromatic carbocycles. The maximum absolute atomic E-state index is 12.9. The lowest BCUT2D eigenvalue weighted by Crippen LogP contribution is -2.31. The smallest absolute Gasteiger partial charge is 0.338 e. The summed E-state index contributed by atoms with van der Waals surface area (Å²) >= 11 is 0. The highest BCUT2D eigenvalue weighted by Gasteiger charge is 2.50. The van der Waals surface area contributed by atoms with Crippen LogP contribution in [-0.4, -0.2) is 30.3 Å². The average molecular weight is 447 g/mol. The van der Waals surface area contributed by atoms with Crippen molar-refractivity contribution >= 4 is 35.1 Å². The molecule has 2 aromatic rings. The summed E-state index contributed by atoms with van der Waals surface area (Å²) in [6.07, 6.45) is 5.40. The van der Waals surface area contributed by atoms with Gasteiger partial charge in [0.2, 0.25) is 11.8 Å². The average Bonchev–Trinajstić information content (AvgIpc) is 3.09. The van der Waals surface area contributed by atoms with Crippen LogP contribution in [0.3, 0.4) is 0 Å². The fourth-order valence-electron chi connectivity index (χ4n) is 4.38. The van der Waals surface area contributed by atoms with Crippen LogP contribution >= 0.6 is 0 Å². The zero-order valence-electron chi connectivity index (χ0n) is 18.6. The number of nitrogens with one attached hydrogen (secondary N) is 1. The normalized spacial score (nSPS) is 21.6. The number of aryl methyl sites for hydroxylation is 1. The van der Waals surface area contributed by atoms with Gasteiger partial charge in [0.1, 0.15) is 0 Å². The topological polar surface area (TPSA) is 92.8 Å². The molecule has 1 N–H and O–H groups in total. The van der Waals surface area contributed by atoms with E-state index in [0.717, 1.165) is 12.0 Å². The molecule has 1 fully saturated rings. The second-order valence-electron chi connectivity index (χ2n) is 8.39. The molecule has 1 aliphatic heterocycles. The van der Waals surface area contributed by atoms with Crippen molar-refractivity contribution in [2.24, 2.45) is 17.8 Å². The van der Waals surface area contributed by atoms with Crippen molar-refractivity contribution in [1.82, 2.24) is 0 Å². The number of anilines is 2. The van der Waals surface area contributed by atoms with E-state index >= 15 is 0 Å². The largest absolute Gasteiger partial charge is 0.452 e. The molecular weight excluding hydrogens is 420 g/mol. The molecule has 0 saturated carbocycles. The summed E-state index contributed by atoms with van der Waals surface area (Å²) in [5.74, 6) is -2.19. The van der Waals surface area contributed by atoms with Gasteiger partial charge < -0.3 is 10.1 Å². The predicted molar refractivity (Wildman–Crippen MR) is 124 cm³/mol. The molecule has 1 saturated heterocycles. The summed E-state index contributed by atoms with van der Waals surface area (Å²) < 4.78 is 5.10. The first-order valence-corrected chi connectivity index (χ1v) is 11.1. The van der Waals surface area contributed by atoms with Gasteiger partial charge in [0.25, 0.3) is 5.91 Å². The van der Waals surface area contributed by atoms with Crippen molar-refractivity contribution in [2.75, 3.05) is 16.8 Å². The molecule has 7 heteroatoms. The number of amides is 3. The standard InChI is InChI=1S/C26H26N2O5/c1-3-17-7-11-19(12-8-17)27-22(29)15-33-26(32)18-9-13-20(14-10-18)28-24(30)21-6-4-5-16(2)23(21)25(28)31/h4-5,7-14,16,21,23H,3,6,15H2,1-2H3,(H,27,29)/t16-,21-,23-/m1/s1. The molecule has 2 aliphatic rings. The van der Waals surface area contributed by atoms with Crippen LogP contribution in [0.5, 0.6) is 0 Å². The summed E-state index contributed by atoms with van der Waals surface area (Å²) in [6.45, 7) is 3.57. The Kier molecular flexibility index (Phi) is 6.40. The first-order valence-electron chi connectivity index (χ1n) is 11.1. The monoisotopic (exact) mass is 446 g/mol. The third-order valence-corrected chi connectivity index (χ3v) is 6.21. The quantitative estimate of drug-likeness (QED) is 0.415. The van der Waals surface area contributed by atoms with E-state index in [4.69, 9.17) is 4.74 Å². The number of hydrogen-bond acceptors (Lipinski definition) is 5. The van der Waals surface area contributed by atoms with Crippen LogP contribution in [0, 0.1) is 17.8 Å². The van der Waals surface area contributed by atoms with Crippen LogP contribution in [0.2, 0.25) is 0 Å². The maximum atomic E-state index is 12.9. The minimum atomic E-state index is -0.663. The van der Waals surface area contributed by atoms with Crippen LogP contribution in [0.4, 0.5) is 11.4 Å². The fourth-order valence-corrected chi connectivity index (χ4v) is 4.38. The van der Waals surface area contributed by atoms with Gasteiger partial charge in [-0.05, 0) is 60.7 Å². The van der Waals surface area contributed by atoms with Crippen molar-refractivity contribution in [3.05, 3.63) is 71.8 Å². The zero-order chi connectivity index (χ0) is 23.5. The number of benzene rings is 2. The molecule has 170 valence electrons. The van der Waals surface area contributed by atoms with E-state index < -0.39 is 18.5 Å². The fraction of sp³-hybridized carbons (Fsp3) is 0.308. The third-order valence-electron chi connectivity index (χ3n) is 6.21. The molecule has 0 radical (unpaired) electrons. The Morgan fingerprint density at radius 2 is 1.73 bits per heavy atom. The molecule has 4 rings (SSSR count). The second-order valence-corrected chi connectivity index (χ2v) is 8.39. The number of fused-ring (bicyclic) bond motifs is 1. The minimum Gasteiger partial charge on any atom is -0.452 e. The molecule has 7 nitrogen and oxygen atoms in total. The molecule has 3 atom stereocenters. The van der Waals surface area contributed by atoms with Crippen LogP contribution in [0.1, 0.15) is 36.2 Å². The molecule has 33 heavy (non-hydrogen) atoms. The Balaban J connectivity index is 1.35. The van der Waals surface area contributed by atoms with E-state index in [1.165, 1.54) is 17.0 Å². The van der Waals surface area contributed by atoms with E-state index in [1.54, 1.807) is 24.3 Å². The summed E-state index contributed by atoms with van der Waals surface area (Å²) in [5, 5.41) is 2.68. The van der Waals surface area contributed by atoms with Crippen LogP contribution < -0.4 is 10.2 Å². The van der Waals surface area contributed by atoms with E-state index in [0.29, 0.717) is 17.8 Å². The highest BCUT2D eigenvalue weighted by atomic mass is 16.5. The summed E-state index contributed by atoms with van der Waals surface area (Å²) in [4.78, 5) is 51.3. The van der Waals surface area contributed by atoms with Gasteiger partial charge in [-0.15, -0.1) is 0 Å². The van der Waals surface area contributed by atoms with Gasteiger partial charge in [0.15, 0.2) is 6.61 Å². The van der Waals surface area contributed by atoms with Gasteiger partial charge in [-0.2, -0.15) is 0 Å². The van der Waals surface area contributed by atoms with Crippen molar-refractivity contribution in [3.63, 3.8) is 0 Å². The molecule has 0 aromatic heterocycles. The lowest BCUT2D eigenvalue weighted by atomic mass is 9.78. The van der Waals surface area contributed by atoms with Crippen LogP contribution in [-0.2, 0) is 25.5 Å². The molecule has 0 unspecified atom stereocenters. The molecule has 1 heterocycles. The van der Waals surface area contributed by atoms with Crippen molar-refractivity contribution in [2.45, 2.75) is 26.7 Å². The third kappa shape index (κ3) is 4.58. The van der Waals surface area contributed by atoms with Gasteiger partial charge in [0, 0.05) is 5.69 Å². The number of nitrogens with zero attached hydrogens (tertiary/aromatic N) is 1. The minimum absolute atomic E-state index is 0.00943. The van der Waals surface area contributed by atoms with Gasteiger partial charge in [-0.25, -0.2) is 4.79 Å². The predicted octanol–water partition coefficient (Wildman–Crippen LogP) is 3.75. The van der Waals surface area contributed by atoms with E-state index in [-0.39, 0.29) is 35.1 Å². The molecule has 0 bridgehead atoms. The molecule has 0 spiro atoms. The Hall–Kier alpha value is -3.74. The SMILES string of the molecule is CCc1ccc(NC(=O)COC(=O)c2ccc(N3C(=O)[C@@H]4[C@H](C)C=CC[C@H]4C3=O)cc2)cc1. The van der Waals surface area contributed by atoms with Gasteiger partial charge in [-0.3, -0.25) is 19.3 Å². The van der Waals surface area contributed by atoms with Gasteiger partial charge in [0.05, 0.1) is 23.1 Å². The number of allylic oxidation sites excluding steroid dienone is 2. The van der Waals surface area contributed by atoms with Crippen molar-refractivity contribution < 1.29 is 23.9 Å². The first kappa shape index (κ1) is 22.5.